The maximum atomic E-state index is 13.4. The number of benzene rings is 2. The molecule has 0 aromatic heterocycles. The van der Waals surface area contributed by atoms with Gasteiger partial charge in [-0.25, -0.2) is 4.39 Å². The predicted octanol–water partition coefficient (Wildman–Crippen LogP) is 3.65. The van der Waals surface area contributed by atoms with E-state index in [0.717, 1.165) is 17.3 Å². The van der Waals surface area contributed by atoms with Gasteiger partial charge in [-0.2, -0.15) is 0 Å². The zero-order valence-corrected chi connectivity index (χ0v) is 15.5. The second kappa shape index (κ2) is 10.3. The molecule has 0 saturated carbocycles. The molecule has 0 saturated heterocycles. The first kappa shape index (κ1) is 19.6. The number of carbonyl (C=O) groups excluding carboxylic acids is 2. The molecule has 2 N–H and O–H groups in total. The Morgan fingerprint density at radius 3 is 2.32 bits per heavy atom. The van der Waals surface area contributed by atoms with Crippen molar-refractivity contribution in [1.82, 2.24) is 10.9 Å². The Morgan fingerprint density at radius 2 is 1.60 bits per heavy atom. The molecule has 0 aliphatic carbocycles. The van der Waals surface area contributed by atoms with E-state index in [1.807, 2.05) is 18.2 Å². The normalized spacial score (nSPS) is 10.3. The van der Waals surface area contributed by atoms with Crippen LogP contribution < -0.4 is 10.9 Å². The molecule has 0 bridgehead atoms. The standard InChI is InChI=1S/C17H16ClFN2O2S2/c18-13-6-2-1-5-12(13)9-24-10-16(22)20-21-17(23)11-25-15-8-4-3-7-14(15)19/h1-8H,9-11H2,(H,20,22)(H,21,23). The molecule has 4 nitrogen and oxygen atoms in total. The van der Waals surface area contributed by atoms with E-state index in [1.165, 1.54) is 17.8 Å². The Morgan fingerprint density at radius 1 is 0.960 bits per heavy atom. The quantitative estimate of drug-likeness (QED) is 0.552. The van der Waals surface area contributed by atoms with Crippen molar-refractivity contribution in [1.29, 1.82) is 0 Å². The Hall–Kier alpha value is -1.70. The first-order valence-electron chi connectivity index (χ1n) is 7.32. The molecule has 0 radical (unpaired) electrons. The third-order valence-corrected chi connectivity index (χ3v) is 5.38. The first-order chi connectivity index (χ1) is 12.1. The number of hydrogen-bond acceptors (Lipinski definition) is 4. The minimum atomic E-state index is -0.405. The zero-order valence-electron chi connectivity index (χ0n) is 13.1. The number of rotatable bonds is 7. The maximum absolute atomic E-state index is 13.4. The van der Waals surface area contributed by atoms with Gasteiger partial charge in [0.15, 0.2) is 0 Å². The lowest BCUT2D eigenvalue weighted by Gasteiger charge is -2.08. The van der Waals surface area contributed by atoms with E-state index in [4.69, 9.17) is 11.6 Å². The highest BCUT2D eigenvalue weighted by atomic mass is 35.5. The summed E-state index contributed by atoms with van der Waals surface area (Å²) in [4.78, 5) is 23.8. The first-order valence-corrected chi connectivity index (χ1v) is 9.84. The van der Waals surface area contributed by atoms with Crippen LogP contribution in [0.2, 0.25) is 5.02 Å². The fourth-order valence-corrected chi connectivity index (χ4v) is 3.64. The van der Waals surface area contributed by atoms with E-state index in [1.54, 1.807) is 24.3 Å². The molecular weight excluding hydrogens is 383 g/mol. The minimum Gasteiger partial charge on any atom is -0.272 e. The fraction of sp³-hybridized carbons (Fsp3) is 0.176. The van der Waals surface area contributed by atoms with Gasteiger partial charge in [0, 0.05) is 15.7 Å². The van der Waals surface area contributed by atoms with E-state index >= 15 is 0 Å². The minimum absolute atomic E-state index is 0.00792. The van der Waals surface area contributed by atoms with Crippen LogP contribution in [-0.2, 0) is 15.3 Å². The number of thioether (sulfide) groups is 2. The molecule has 8 heteroatoms. The molecule has 25 heavy (non-hydrogen) atoms. The van der Waals surface area contributed by atoms with E-state index in [9.17, 15) is 14.0 Å². The van der Waals surface area contributed by atoms with Crippen LogP contribution in [-0.4, -0.2) is 23.3 Å². The van der Waals surface area contributed by atoms with Crippen molar-refractivity contribution in [3.63, 3.8) is 0 Å². The lowest BCUT2D eigenvalue weighted by Crippen LogP contribution is -2.43. The van der Waals surface area contributed by atoms with Crippen molar-refractivity contribution in [2.75, 3.05) is 11.5 Å². The summed E-state index contributed by atoms with van der Waals surface area (Å²) in [5.74, 6) is -0.302. The maximum Gasteiger partial charge on any atom is 0.248 e. The van der Waals surface area contributed by atoms with Crippen LogP contribution in [0.4, 0.5) is 4.39 Å². The topological polar surface area (TPSA) is 58.2 Å². The van der Waals surface area contributed by atoms with Crippen molar-refractivity contribution >= 4 is 46.9 Å². The Bertz CT molecular complexity index is 746. The fourth-order valence-electron chi connectivity index (χ4n) is 1.79. The van der Waals surface area contributed by atoms with Crippen LogP contribution in [0.3, 0.4) is 0 Å². The molecule has 0 unspecified atom stereocenters. The van der Waals surface area contributed by atoms with Crippen LogP contribution in [0, 0.1) is 5.82 Å². The summed E-state index contributed by atoms with van der Waals surface area (Å²) in [6, 6.07) is 13.6. The smallest absolute Gasteiger partial charge is 0.248 e. The van der Waals surface area contributed by atoms with Crippen LogP contribution in [0.5, 0.6) is 0 Å². The largest absolute Gasteiger partial charge is 0.272 e. The molecule has 0 aliphatic rings. The van der Waals surface area contributed by atoms with Gasteiger partial charge in [-0.05, 0) is 23.8 Å². The van der Waals surface area contributed by atoms with Gasteiger partial charge in [-0.3, -0.25) is 20.4 Å². The molecule has 0 atom stereocenters. The summed E-state index contributed by atoms with van der Waals surface area (Å²) >= 11 is 8.49. The monoisotopic (exact) mass is 398 g/mol. The molecule has 2 rings (SSSR count). The summed E-state index contributed by atoms with van der Waals surface area (Å²) in [5, 5.41) is 0.661. The Kier molecular flexibility index (Phi) is 8.11. The molecule has 2 amide bonds. The molecule has 2 aromatic rings. The van der Waals surface area contributed by atoms with Crippen molar-refractivity contribution in [2.45, 2.75) is 10.6 Å². The Labute approximate surface area is 158 Å². The highest BCUT2D eigenvalue weighted by Crippen LogP contribution is 2.21. The number of hydrogen-bond donors (Lipinski definition) is 2. The second-order valence-corrected chi connectivity index (χ2v) is 7.31. The lowest BCUT2D eigenvalue weighted by molar-refractivity contribution is -0.126. The Balaban J connectivity index is 1.63. The highest BCUT2D eigenvalue weighted by molar-refractivity contribution is 8.00. The molecule has 0 aliphatic heterocycles. The van der Waals surface area contributed by atoms with Gasteiger partial charge in [0.05, 0.1) is 11.5 Å². The van der Waals surface area contributed by atoms with Gasteiger partial charge < -0.3 is 0 Å². The van der Waals surface area contributed by atoms with Crippen LogP contribution >= 0.6 is 35.1 Å². The SMILES string of the molecule is O=C(CSCc1ccccc1Cl)NNC(=O)CSc1ccccc1F. The van der Waals surface area contributed by atoms with E-state index in [-0.39, 0.29) is 23.2 Å². The molecule has 0 heterocycles. The summed E-state index contributed by atoms with van der Waals surface area (Å²) in [6.07, 6.45) is 0. The van der Waals surface area contributed by atoms with Crippen molar-refractivity contribution in [3.8, 4) is 0 Å². The summed E-state index contributed by atoms with van der Waals surface area (Å²) in [5.41, 5.74) is 5.60. The van der Waals surface area contributed by atoms with Crippen LogP contribution in [0.25, 0.3) is 0 Å². The van der Waals surface area contributed by atoms with Gasteiger partial charge >= 0.3 is 0 Å². The average molecular weight is 399 g/mol. The molecule has 0 spiro atoms. The van der Waals surface area contributed by atoms with Crippen LogP contribution in [0.15, 0.2) is 53.4 Å². The number of halogens is 2. The summed E-state index contributed by atoms with van der Waals surface area (Å²) in [7, 11) is 0. The summed E-state index contributed by atoms with van der Waals surface area (Å²) in [6.45, 7) is 0. The number of nitrogens with one attached hydrogen (secondary N) is 2. The zero-order chi connectivity index (χ0) is 18.1. The van der Waals surface area contributed by atoms with E-state index < -0.39 is 5.91 Å². The van der Waals surface area contributed by atoms with Crippen molar-refractivity contribution < 1.29 is 14.0 Å². The molecule has 0 fully saturated rings. The highest BCUT2D eigenvalue weighted by Gasteiger charge is 2.08. The van der Waals surface area contributed by atoms with Gasteiger partial charge in [0.2, 0.25) is 11.8 Å². The third-order valence-electron chi connectivity index (χ3n) is 2.99. The van der Waals surface area contributed by atoms with Crippen molar-refractivity contribution in [3.05, 3.63) is 64.9 Å². The third kappa shape index (κ3) is 6.97. The predicted molar refractivity (Wildman–Crippen MR) is 101 cm³/mol. The number of carbonyl (C=O) groups is 2. The van der Waals surface area contributed by atoms with Gasteiger partial charge in [0.1, 0.15) is 5.82 Å². The molecular formula is C17H16ClFN2O2S2. The molecule has 2 aromatic carbocycles. The molecule has 132 valence electrons. The van der Waals surface area contributed by atoms with Gasteiger partial charge in [-0.15, -0.1) is 23.5 Å². The van der Waals surface area contributed by atoms with E-state index in [2.05, 4.69) is 10.9 Å². The lowest BCUT2D eigenvalue weighted by atomic mass is 10.2. The number of amides is 2. The average Bonchev–Trinajstić information content (AvgIpc) is 2.61. The van der Waals surface area contributed by atoms with Crippen LogP contribution in [0.1, 0.15) is 5.56 Å². The summed E-state index contributed by atoms with van der Waals surface area (Å²) < 4.78 is 13.4. The van der Waals surface area contributed by atoms with Gasteiger partial charge in [-0.1, -0.05) is 41.9 Å². The van der Waals surface area contributed by atoms with E-state index in [0.29, 0.717) is 15.7 Å². The van der Waals surface area contributed by atoms with Gasteiger partial charge in [0.25, 0.3) is 0 Å². The van der Waals surface area contributed by atoms with Crippen molar-refractivity contribution in [2.24, 2.45) is 0 Å². The number of hydrazine groups is 1. The second-order valence-electron chi connectivity index (χ2n) is 4.90.